The summed E-state index contributed by atoms with van der Waals surface area (Å²) in [5.74, 6) is -5.02. The lowest BCUT2D eigenvalue weighted by atomic mass is 9.96. The molecule has 0 saturated carbocycles. The number of carboxylic acid groups (broad SMARTS) is 3. The van der Waals surface area contributed by atoms with E-state index in [0.717, 1.165) is 24.5 Å². The van der Waals surface area contributed by atoms with Crippen molar-refractivity contribution in [1.82, 2.24) is 9.47 Å². The Bertz CT molecular complexity index is 1270. The number of likely N-dealkylation sites (N-methyl/N-ethyl adjacent to an activating group) is 1. The van der Waals surface area contributed by atoms with E-state index in [-0.39, 0.29) is 0 Å². The molecule has 0 bridgehead atoms. The molecular weight excluding hydrogens is 476 g/mol. The fourth-order valence-corrected chi connectivity index (χ4v) is 4.40. The summed E-state index contributed by atoms with van der Waals surface area (Å²) in [7, 11) is 4.25. The zero-order chi connectivity index (χ0) is 25.9. The van der Waals surface area contributed by atoms with Crippen molar-refractivity contribution >= 4 is 40.4 Å². The third kappa shape index (κ3) is 5.82. The summed E-state index contributed by atoms with van der Waals surface area (Å²) in [4.78, 5) is 32.7. The van der Waals surface area contributed by atoms with Crippen molar-refractivity contribution in [1.29, 1.82) is 0 Å². The first kappa shape index (κ1) is 26.2. The zero-order valence-electron chi connectivity index (χ0n) is 19.4. The Hall–Kier alpha value is -3.40. The van der Waals surface area contributed by atoms with Gasteiger partial charge in [-0.25, -0.2) is 4.79 Å². The molecule has 2 aromatic carbocycles. The van der Waals surface area contributed by atoms with Gasteiger partial charge in [0.2, 0.25) is 0 Å². The SMILES string of the molecule is CN(C)CCc1c2n(c3ccc(Cl)cc13)Cc1ccccc1-2.O=C(O)CC(O)(CC(=O)O)C(=O)O. The first-order valence-corrected chi connectivity index (χ1v) is 11.2. The lowest BCUT2D eigenvalue weighted by Crippen LogP contribution is -2.42. The number of fused-ring (bicyclic) bond motifs is 5. The predicted molar refractivity (Wildman–Crippen MR) is 131 cm³/mol. The lowest BCUT2D eigenvalue weighted by molar-refractivity contribution is -0.170. The molecule has 1 aliphatic heterocycles. The van der Waals surface area contributed by atoms with Crippen molar-refractivity contribution in [3.63, 3.8) is 0 Å². The number of aromatic nitrogens is 1. The molecule has 1 aliphatic rings. The van der Waals surface area contributed by atoms with E-state index in [4.69, 9.17) is 32.0 Å². The number of hydrogen-bond acceptors (Lipinski definition) is 5. The minimum Gasteiger partial charge on any atom is -0.481 e. The van der Waals surface area contributed by atoms with E-state index in [1.165, 1.54) is 33.3 Å². The number of aliphatic hydroxyl groups is 1. The Balaban J connectivity index is 0.000000228. The van der Waals surface area contributed by atoms with Gasteiger partial charge in [-0.3, -0.25) is 9.59 Å². The van der Waals surface area contributed by atoms with Gasteiger partial charge in [0.1, 0.15) is 0 Å². The molecule has 10 heteroatoms. The number of rotatable bonds is 8. The van der Waals surface area contributed by atoms with Crippen LogP contribution in [0.25, 0.3) is 22.2 Å². The molecule has 0 amide bonds. The molecule has 1 aromatic heterocycles. The maximum atomic E-state index is 10.3. The Kier molecular flexibility index (Phi) is 7.84. The first-order chi connectivity index (χ1) is 16.4. The van der Waals surface area contributed by atoms with E-state index in [9.17, 15) is 14.4 Å². The van der Waals surface area contributed by atoms with Crippen LogP contribution in [0.2, 0.25) is 5.02 Å². The highest BCUT2D eigenvalue weighted by molar-refractivity contribution is 6.31. The topological polar surface area (TPSA) is 140 Å². The molecule has 0 unspecified atom stereocenters. The molecular formula is C25H27ClN2O7. The molecule has 186 valence electrons. The maximum absolute atomic E-state index is 10.3. The second-order valence-electron chi connectivity index (χ2n) is 8.76. The number of carbonyl (C=O) groups is 3. The Morgan fingerprint density at radius 3 is 2.23 bits per heavy atom. The van der Waals surface area contributed by atoms with E-state index in [1.807, 2.05) is 6.07 Å². The second-order valence-corrected chi connectivity index (χ2v) is 9.20. The molecule has 0 atom stereocenters. The van der Waals surface area contributed by atoms with Gasteiger partial charge in [-0.15, -0.1) is 0 Å². The van der Waals surface area contributed by atoms with Crippen LogP contribution in [0.4, 0.5) is 0 Å². The summed E-state index contributed by atoms with van der Waals surface area (Å²) >= 11 is 6.26. The molecule has 0 aliphatic carbocycles. The number of aliphatic carboxylic acids is 3. The van der Waals surface area contributed by atoms with E-state index >= 15 is 0 Å². The third-order valence-electron chi connectivity index (χ3n) is 5.83. The van der Waals surface area contributed by atoms with Gasteiger partial charge in [0.25, 0.3) is 0 Å². The molecule has 2 heterocycles. The first-order valence-electron chi connectivity index (χ1n) is 10.9. The zero-order valence-corrected chi connectivity index (χ0v) is 20.1. The van der Waals surface area contributed by atoms with Crippen LogP contribution in [-0.2, 0) is 27.3 Å². The number of halogens is 1. The summed E-state index contributed by atoms with van der Waals surface area (Å²) in [6.07, 6.45) is -1.25. The van der Waals surface area contributed by atoms with Gasteiger partial charge in [-0.1, -0.05) is 35.9 Å². The van der Waals surface area contributed by atoms with Gasteiger partial charge in [0.15, 0.2) is 5.60 Å². The highest BCUT2D eigenvalue weighted by atomic mass is 35.5. The number of nitrogens with zero attached hydrogens (tertiary/aromatic N) is 2. The van der Waals surface area contributed by atoms with Crippen molar-refractivity contribution in [2.75, 3.05) is 20.6 Å². The highest BCUT2D eigenvalue weighted by Crippen LogP contribution is 2.41. The molecule has 4 rings (SSSR count). The molecule has 0 spiro atoms. The van der Waals surface area contributed by atoms with Crippen LogP contribution in [0.1, 0.15) is 24.0 Å². The van der Waals surface area contributed by atoms with E-state index < -0.39 is 36.4 Å². The lowest BCUT2D eigenvalue weighted by Gasteiger charge is -2.18. The Labute approximate surface area is 206 Å². The van der Waals surface area contributed by atoms with Crippen molar-refractivity contribution in [2.45, 2.75) is 31.4 Å². The smallest absolute Gasteiger partial charge is 0.336 e. The quantitative estimate of drug-likeness (QED) is 0.288. The molecule has 3 aromatic rings. The monoisotopic (exact) mass is 502 g/mol. The van der Waals surface area contributed by atoms with Crippen molar-refractivity contribution < 1.29 is 34.8 Å². The number of hydrogen-bond donors (Lipinski definition) is 4. The summed E-state index contributed by atoms with van der Waals surface area (Å²) in [5.41, 5.74) is 4.16. The standard InChI is InChI=1S/C19H19ClN2.C6H8O7/c1-21(2)10-9-16-17-11-14(20)7-8-18(17)22-12-13-5-3-4-6-15(13)19(16)22;7-3(8)1-6(13,5(11)12)2-4(9)10/h3-8,11H,9-10,12H2,1-2H3;13H,1-2H2,(H,7,8)(H,9,10)(H,11,12). The van der Waals surface area contributed by atoms with Gasteiger partial charge in [-0.05, 0) is 49.8 Å². The normalized spacial score (nSPS) is 12.1. The van der Waals surface area contributed by atoms with E-state index in [0.29, 0.717) is 0 Å². The summed E-state index contributed by atoms with van der Waals surface area (Å²) in [6.45, 7) is 2.01. The van der Waals surface area contributed by atoms with Crippen LogP contribution in [0.15, 0.2) is 42.5 Å². The van der Waals surface area contributed by atoms with Crippen LogP contribution in [0, 0.1) is 0 Å². The summed E-state index contributed by atoms with van der Waals surface area (Å²) in [6, 6.07) is 15.0. The number of carboxylic acids is 3. The molecule has 0 radical (unpaired) electrons. The van der Waals surface area contributed by atoms with Gasteiger partial charge in [-0.2, -0.15) is 0 Å². The summed E-state index contributed by atoms with van der Waals surface area (Å²) < 4.78 is 2.45. The molecule has 0 fully saturated rings. The largest absolute Gasteiger partial charge is 0.481 e. The third-order valence-corrected chi connectivity index (χ3v) is 6.06. The Morgan fingerprint density at radius 1 is 1.03 bits per heavy atom. The van der Waals surface area contributed by atoms with Crippen molar-refractivity contribution in [2.24, 2.45) is 0 Å². The summed E-state index contributed by atoms with van der Waals surface area (Å²) in [5, 5.41) is 35.9. The number of benzene rings is 2. The second kappa shape index (κ2) is 10.5. The predicted octanol–water partition coefficient (Wildman–Crippen LogP) is 3.18. The van der Waals surface area contributed by atoms with Crippen LogP contribution >= 0.6 is 11.6 Å². The van der Waals surface area contributed by atoms with Crippen molar-refractivity contribution in [3.05, 3.63) is 58.6 Å². The minimum atomic E-state index is -2.74. The van der Waals surface area contributed by atoms with Crippen molar-refractivity contribution in [3.8, 4) is 11.3 Å². The maximum Gasteiger partial charge on any atom is 0.336 e. The van der Waals surface area contributed by atoms with Crippen LogP contribution in [0.5, 0.6) is 0 Å². The molecule has 4 N–H and O–H groups in total. The van der Waals surface area contributed by atoms with Gasteiger partial charge >= 0.3 is 17.9 Å². The fraction of sp³-hybridized carbons (Fsp3) is 0.320. The highest BCUT2D eigenvalue weighted by Gasteiger charge is 2.40. The van der Waals surface area contributed by atoms with E-state index in [1.54, 1.807) is 0 Å². The Morgan fingerprint density at radius 2 is 1.66 bits per heavy atom. The average Bonchev–Trinajstić information content (AvgIpc) is 3.25. The molecule has 9 nitrogen and oxygen atoms in total. The van der Waals surface area contributed by atoms with Gasteiger partial charge in [0, 0.05) is 34.6 Å². The fourth-order valence-electron chi connectivity index (χ4n) is 4.23. The van der Waals surface area contributed by atoms with Crippen LogP contribution in [-0.4, -0.2) is 74.0 Å². The van der Waals surface area contributed by atoms with Crippen LogP contribution in [0.3, 0.4) is 0 Å². The van der Waals surface area contributed by atoms with Crippen LogP contribution < -0.4 is 0 Å². The van der Waals surface area contributed by atoms with Gasteiger partial charge < -0.3 is 29.9 Å². The molecule has 0 saturated heterocycles. The molecule has 35 heavy (non-hydrogen) atoms. The van der Waals surface area contributed by atoms with Gasteiger partial charge in [0.05, 0.1) is 18.5 Å². The average molecular weight is 503 g/mol. The minimum absolute atomic E-state index is 0.816. The van der Waals surface area contributed by atoms with E-state index in [2.05, 4.69) is 60.0 Å².